The zero-order chi connectivity index (χ0) is 28.2. The molecule has 0 spiro atoms. The first-order valence-electron chi connectivity index (χ1n) is 13.1. The molecular formula is C31H36Cl2N4OS. The number of benzene rings is 2. The van der Waals surface area contributed by atoms with Crippen molar-refractivity contribution in [3.8, 4) is 0 Å². The summed E-state index contributed by atoms with van der Waals surface area (Å²) in [6.07, 6.45) is 13.1. The van der Waals surface area contributed by atoms with Crippen LogP contribution in [0.4, 0.5) is 5.69 Å². The van der Waals surface area contributed by atoms with Gasteiger partial charge in [0.25, 0.3) is 0 Å². The molecule has 39 heavy (non-hydrogen) atoms. The largest absolute Gasteiger partial charge is 0.349 e. The highest BCUT2D eigenvalue weighted by Crippen LogP contribution is 2.25. The molecule has 1 unspecified atom stereocenters. The molecule has 0 bridgehead atoms. The van der Waals surface area contributed by atoms with Crippen LogP contribution < -0.4 is 10.2 Å². The van der Waals surface area contributed by atoms with Crippen LogP contribution in [0.15, 0.2) is 88.9 Å². The summed E-state index contributed by atoms with van der Waals surface area (Å²) in [4.78, 5) is 20.2. The van der Waals surface area contributed by atoms with Crippen LogP contribution in [0.2, 0.25) is 5.02 Å². The minimum absolute atomic E-state index is 0.304. The lowest BCUT2D eigenvalue weighted by molar-refractivity contribution is -0.107. The van der Waals surface area contributed by atoms with Crippen molar-refractivity contribution in [2.45, 2.75) is 39.3 Å². The summed E-state index contributed by atoms with van der Waals surface area (Å²) in [5, 5.41) is 5.33. The number of allylic oxidation sites excluding steroid dienone is 6. The Morgan fingerprint density at radius 2 is 1.90 bits per heavy atom. The van der Waals surface area contributed by atoms with Crippen molar-refractivity contribution in [3.63, 3.8) is 0 Å². The number of nitrogens with zero attached hydrogens (tertiary/aromatic N) is 3. The Kier molecular flexibility index (Phi) is 12.2. The van der Waals surface area contributed by atoms with Crippen molar-refractivity contribution in [1.82, 2.24) is 10.2 Å². The van der Waals surface area contributed by atoms with Crippen molar-refractivity contribution in [1.29, 1.82) is 0 Å². The number of rotatable bonds is 10. The summed E-state index contributed by atoms with van der Waals surface area (Å²) in [5.41, 5.74) is 3.51. The van der Waals surface area contributed by atoms with Crippen molar-refractivity contribution >= 4 is 58.3 Å². The molecule has 1 aliphatic heterocycles. The number of anilines is 1. The number of piperidine rings is 1. The molecule has 5 nitrogen and oxygen atoms in total. The van der Waals surface area contributed by atoms with E-state index in [1.54, 1.807) is 19.2 Å². The van der Waals surface area contributed by atoms with Gasteiger partial charge in [0.05, 0.1) is 11.4 Å². The van der Waals surface area contributed by atoms with Crippen LogP contribution in [0.1, 0.15) is 37.8 Å². The van der Waals surface area contributed by atoms with E-state index in [0.717, 1.165) is 44.3 Å². The van der Waals surface area contributed by atoms with Gasteiger partial charge >= 0.3 is 0 Å². The van der Waals surface area contributed by atoms with Gasteiger partial charge in [-0.25, -0.2) is 0 Å². The number of likely N-dealkylation sites (tertiary alicyclic amines) is 1. The van der Waals surface area contributed by atoms with Gasteiger partial charge in [-0.1, -0.05) is 71.8 Å². The summed E-state index contributed by atoms with van der Waals surface area (Å²) >= 11 is 18.0. The normalized spacial score (nSPS) is 16.1. The maximum Gasteiger partial charge on any atom is 0.213 e. The summed E-state index contributed by atoms with van der Waals surface area (Å²) in [6.45, 7) is 5.63. The first kappa shape index (κ1) is 30.6. The smallest absolute Gasteiger partial charge is 0.213 e. The molecule has 1 aliphatic rings. The van der Waals surface area contributed by atoms with Crippen LogP contribution in [0.25, 0.3) is 0 Å². The summed E-state index contributed by atoms with van der Waals surface area (Å²) in [7, 11) is 1.70. The predicted octanol–water partition coefficient (Wildman–Crippen LogP) is 7.15. The summed E-state index contributed by atoms with van der Waals surface area (Å²) in [6, 6.07) is 16.1. The molecule has 2 aromatic rings. The third-order valence-corrected chi connectivity index (χ3v) is 7.25. The Balaban J connectivity index is 1.73. The lowest BCUT2D eigenvalue weighted by Gasteiger charge is -2.34. The van der Waals surface area contributed by atoms with Crippen LogP contribution in [0.5, 0.6) is 0 Å². The molecule has 1 saturated heterocycles. The monoisotopic (exact) mass is 582 g/mol. The molecule has 206 valence electrons. The van der Waals surface area contributed by atoms with Crippen molar-refractivity contribution < 1.29 is 4.79 Å². The van der Waals surface area contributed by atoms with E-state index in [1.807, 2.05) is 50.3 Å². The standard InChI is InChI=1S/C31H36Cl2N4OS/c1-23(32)10-6-4-9-13-29(28-21-27(33)14-15-30(28)36(3)22-38)34-24(2)35-31(39)37-18-16-26(17-19-37)20-25-11-7-5-8-12-25/h4-15,21-22,24,26H,16-20H2,1-3H3,(H,35,39)/b6-4-,13-9+,23-10+,34-29-. The fourth-order valence-corrected chi connectivity index (χ4v) is 5.08. The number of amides is 1. The zero-order valence-electron chi connectivity index (χ0n) is 22.7. The fraction of sp³-hybridized carbons (Fsp3) is 0.323. The number of aliphatic imine (C=N–C) groups is 1. The van der Waals surface area contributed by atoms with Gasteiger partial charge in [-0.2, -0.15) is 0 Å². The van der Waals surface area contributed by atoms with Crippen molar-refractivity contribution in [2.24, 2.45) is 10.9 Å². The number of carbonyl (C=O) groups excluding carboxylic acids is 1. The molecule has 0 radical (unpaired) electrons. The van der Waals surface area contributed by atoms with Gasteiger partial charge in [-0.15, -0.1) is 0 Å². The average Bonchev–Trinajstić information content (AvgIpc) is 2.92. The van der Waals surface area contributed by atoms with Gasteiger partial charge in [0.15, 0.2) is 5.11 Å². The molecule has 2 aromatic carbocycles. The molecule has 1 amide bonds. The van der Waals surface area contributed by atoms with E-state index < -0.39 is 0 Å². The number of carbonyl (C=O) groups is 1. The Hall–Kier alpha value is -2.93. The van der Waals surface area contributed by atoms with E-state index in [1.165, 1.54) is 10.5 Å². The maximum absolute atomic E-state index is 11.6. The predicted molar refractivity (Wildman–Crippen MR) is 170 cm³/mol. The summed E-state index contributed by atoms with van der Waals surface area (Å²) in [5.74, 6) is 0.667. The Morgan fingerprint density at radius 3 is 2.56 bits per heavy atom. The van der Waals surface area contributed by atoms with E-state index in [4.69, 9.17) is 40.4 Å². The van der Waals surface area contributed by atoms with Gasteiger partial charge in [0, 0.05) is 35.8 Å². The average molecular weight is 584 g/mol. The molecular weight excluding hydrogens is 547 g/mol. The van der Waals surface area contributed by atoms with E-state index >= 15 is 0 Å². The molecule has 1 N–H and O–H groups in total. The van der Waals surface area contributed by atoms with Crippen LogP contribution >= 0.6 is 35.4 Å². The van der Waals surface area contributed by atoms with Crippen LogP contribution in [0, 0.1) is 5.92 Å². The number of halogens is 2. The molecule has 0 aromatic heterocycles. The minimum atomic E-state index is -0.304. The van der Waals surface area contributed by atoms with Gasteiger partial charge in [0.1, 0.15) is 6.17 Å². The highest BCUT2D eigenvalue weighted by Gasteiger charge is 2.22. The second-order valence-corrected chi connectivity index (χ2v) is 11.1. The van der Waals surface area contributed by atoms with Gasteiger partial charge in [0.2, 0.25) is 6.41 Å². The number of hydrogen-bond donors (Lipinski definition) is 1. The molecule has 0 aliphatic carbocycles. The lowest BCUT2D eigenvalue weighted by Crippen LogP contribution is -2.47. The van der Waals surface area contributed by atoms with Gasteiger partial charge in [-0.3, -0.25) is 9.79 Å². The second kappa shape index (κ2) is 15.6. The van der Waals surface area contributed by atoms with Gasteiger partial charge < -0.3 is 15.1 Å². The van der Waals surface area contributed by atoms with E-state index in [-0.39, 0.29) is 6.17 Å². The first-order chi connectivity index (χ1) is 18.8. The molecule has 3 rings (SSSR count). The van der Waals surface area contributed by atoms with E-state index in [0.29, 0.717) is 32.5 Å². The number of thiocarbonyl (C=S) groups is 1. The van der Waals surface area contributed by atoms with Crippen molar-refractivity contribution in [2.75, 3.05) is 25.0 Å². The first-order valence-corrected chi connectivity index (χ1v) is 14.3. The van der Waals surface area contributed by atoms with E-state index in [9.17, 15) is 4.79 Å². The molecule has 8 heteroatoms. The van der Waals surface area contributed by atoms with Gasteiger partial charge in [-0.05, 0) is 87.2 Å². The SMILES string of the molecule is C\C(Cl)=C/C=C\C=C\C(=N\C(C)NC(=S)N1CCC(Cc2ccccc2)CC1)c1cc(Cl)ccc1N(C)C=O. The maximum atomic E-state index is 11.6. The highest BCUT2D eigenvalue weighted by molar-refractivity contribution is 7.80. The third-order valence-electron chi connectivity index (χ3n) is 6.51. The molecule has 1 heterocycles. The highest BCUT2D eigenvalue weighted by atomic mass is 35.5. The van der Waals surface area contributed by atoms with Crippen LogP contribution in [0.3, 0.4) is 0 Å². The topological polar surface area (TPSA) is 47.9 Å². The summed E-state index contributed by atoms with van der Waals surface area (Å²) < 4.78 is 0. The zero-order valence-corrected chi connectivity index (χ0v) is 25.0. The Morgan fingerprint density at radius 1 is 1.18 bits per heavy atom. The second-order valence-electron chi connectivity index (χ2n) is 9.64. The lowest BCUT2D eigenvalue weighted by atomic mass is 9.90. The third kappa shape index (κ3) is 9.95. The van der Waals surface area contributed by atoms with Crippen LogP contribution in [-0.2, 0) is 11.2 Å². The van der Waals surface area contributed by atoms with Crippen LogP contribution in [-0.4, -0.2) is 48.4 Å². The van der Waals surface area contributed by atoms with E-state index in [2.05, 4.69) is 40.5 Å². The Labute approximate surface area is 247 Å². The minimum Gasteiger partial charge on any atom is -0.349 e. The quantitative estimate of drug-likeness (QED) is 0.140. The molecule has 1 fully saturated rings. The number of hydrogen-bond acceptors (Lipinski definition) is 3. The Bertz CT molecular complexity index is 1230. The molecule has 1 atom stereocenters. The van der Waals surface area contributed by atoms with Crippen molar-refractivity contribution in [3.05, 3.63) is 100 Å². The number of nitrogens with one attached hydrogen (secondary N) is 1. The molecule has 0 saturated carbocycles. The fourth-order valence-electron chi connectivity index (χ4n) is 4.48.